The molecule has 0 spiro atoms. The molecule has 0 bridgehead atoms. The van der Waals surface area contributed by atoms with Crippen molar-refractivity contribution in [3.05, 3.63) is 82.7 Å². The minimum atomic E-state index is -0.354. The maximum atomic E-state index is 13.0. The summed E-state index contributed by atoms with van der Waals surface area (Å²) in [6.07, 6.45) is 25.3. The van der Waals surface area contributed by atoms with Crippen LogP contribution in [0.5, 0.6) is 0 Å². The largest absolute Gasteiger partial charge is 0.385 e. The number of hydrogen-bond acceptors (Lipinski definition) is 4. The second kappa shape index (κ2) is 12.1. The third-order valence-corrected chi connectivity index (χ3v) is 7.70. The van der Waals surface area contributed by atoms with E-state index in [4.69, 9.17) is 10.5 Å². The van der Waals surface area contributed by atoms with E-state index in [2.05, 4.69) is 54.8 Å². The first-order valence-electron chi connectivity index (χ1n) is 13.8. The summed E-state index contributed by atoms with van der Waals surface area (Å²) in [5.74, 6) is 0.889. The van der Waals surface area contributed by atoms with E-state index in [1.54, 1.807) is 0 Å². The van der Waals surface area contributed by atoms with E-state index in [0.717, 1.165) is 49.4 Å². The molecule has 0 saturated heterocycles. The molecule has 1 amide bonds. The summed E-state index contributed by atoms with van der Waals surface area (Å²) in [5, 5.41) is 3.65. The standard InChI is InChI=1S/C31H43N3O2/c1-4-31(18-9-19-32)21-28(24-10-7-11-25(17-16-24)30(35)34(5-2)6-3)27-20-26(33-22-23-14-15-23)12-8-13-29(27)36-31/h7-8,11-13,16-17,20-21,23,29,33H,4-6,9-10,14-15,18-19,22,32H2,1-3H3. The van der Waals surface area contributed by atoms with Crippen molar-refractivity contribution in [3.8, 4) is 0 Å². The number of ether oxygens (including phenoxy) is 1. The highest BCUT2D eigenvalue weighted by Crippen LogP contribution is 2.42. The van der Waals surface area contributed by atoms with Crippen LogP contribution in [0.1, 0.15) is 59.3 Å². The molecule has 0 aromatic rings. The Morgan fingerprint density at radius 3 is 2.69 bits per heavy atom. The number of allylic oxidation sites excluding steroid dienone is 7. The summed E-state index contributed by atoms with van der Waals surface area (Å²) < 4.78 is 6.80. The lowest BCUT2D eigenvalue weighted by Gasteiger charge is -2.40. The minimum Gasteiger partial charge on any atom is -0.385 e. The van der Waals surface area contributed by atoms with Gasteiger partial charge in [0.15, 0.2) is 0 Å². The SMILES string of the molecule is CCN(CC)C(=O)C1=CC=C(C2=CC(CC)(CCCN)OC3C=CC=C(NCC4CC4)C=C23)CC=C1. The van der Waals surface area contributed by atoms with E-state index >= 15 is 0 Å². The lowest BCUT2D eigenvalue weighted by atomic mass is 9.81. The molecule has 4 aliphatic rings. The van der Waals surface area contributed by atoms with Crippen LogP contribution in [0.2, 0.25) is 0 Å². The van der Waals surface area contributed by atoms with Crippen molar-refractivity contribution in [1.29, 1.82) is 0 Å². The van der Waals surface area contributed by atoms with Crippen molar-refractivity contribution < 1.29 is 9.53 Å². The molecule has 2 unspecified atom stereocenters. The molecule has 1 heterocycles. The first-order valence-corrected chi connectivity index (χ1v) is 13.8. The van der Waals surface area contributed by atoms with Crippen LogP contribution in [-0.2, 0) is 9.53 Å². The third-order valence-electron chi connectivity index (χ3n) is 7.70. The maximum Gasteiger partial charge on any atom is 0.253 e. The molecule has 194 valence electrons. The molecule has 1 fully saturated rings. The van der Waals surface area contributed by atoms with Gasteiger partial charge in [0.25, 0.3) is 5.91 Å². The van der Waals surface area contributed by atoms with Gasteiger partial charge in [0, 0.05) is 30.9 Å². The average Bonchev–Trinajstić information content (AvgIpc) is 3.75. The fourth-order valence-electron chi connectivity index (χ4n) is 5.16. The second-order valence-electron chi connectivity index (χ2n) is 10.2. The van der Waals surface area contributed by atoms with E-state index in [-0.39, 0.29) is 17.6 Å². The number of nitrogens with zero attached hydrogens (tertiary/aromatic N) is 1. The van der Waals surface area contributed by atoms with Gasteiger partial charge in [-0.25, -0.2) is 0 Å². The van der Waals surface area contributed by atoms with Crippen molar-refractivity contribution in [2.24, 2.45) is 11.7 Å². The Hall–Kier alpha value is -2.63. The lowest BCUT2D eigenvalue weighted by Crippen LogP contribution is -2.40. The highest BCUT2D eigenvalue weighted by Gasteiger charge is 2.37. The van der Waals surface area contributed by atoms with Gasteiger partial charge < -0.3 is 20.7 Å². The van der Waals surface area contributed by atoms with E-state index < -0.39 is 0 Å². The number of fused-ring (bicyclic) bond motifs is 1. The molecule has 36 heavy (non-hydrogen) atoms. The number of nitrogens with one attached hydrogen (secondary N) is 1. The van der Waals surface area contributed by atoms with Gasteiger partial charge in [0.05, 0.1) is 5.60 Å². The van der Waals surface area contributed by atoms with Crippen molar-refractivity contribution in [1.82, 2.24) is 10.2 Å². The van der Waals surface area contributed by atoms with E-state index in [0.29, 0.717) is 19.6 Å². The Morgan fingerprint density at radius 1 is 1.19 bits per heavy atom. The van der Waals surface area contributed by atoms with Crippen molar-refractivity contribution in [2.45, 2.75) is 71.0 Å². The van der Waals surface area contributed by atoms with Crippen LogP contribution in [0.15, 0.2) is 82.7 Å². The van der Waals surface area contributed by atoms with Crippen LogP contribution in [0.4, 0.5) is 0 Å². The molecule has 0 aromatic heterocycles. The number of hydrogen-bond donors (Lipinski definition) is 2. The molecule has 1 aliphatic heterocycles. The van der Waals surface area contributed by atoms with Crippen molar-refractivity contribution >= 4 is 5.91 Å². The highest BCUT2D eigenvalue weighted by molar-refractivity contribution is 5.96. The van der Waals surface area contributed by atoms with Crippen LogP contribution >= 0.6 is 0 Å². The smallest absolute Gasteiger partial charge is 0.253 e. The summed E-state index contributed by atoms with van der Waals surface area (Å²) in [7, 11) is 0. The topological polar surface area (TPSA) is 67.6 Å². The average molecular weight is 490 g/mol. The maximum absolute atomic E-state index is 13.0. The normalized spacial score (nSPS) is 25.4. The van der Waals surface area contributed by atoms with Gasteiger partial charge in [0.1, 0.15) is 6.10 Å². The first-order chi connectivity index (χ1) is 17.5. The van der Waals surface area contributed by atoms with Crippen molar-refractivity contribution in [2.75, 3.05) is 26.2 Å². The Balaban J connectivity index is 1.72. The Labute approximate surface area is 217 Å². The number of carbonyl (C=O) groups is 1. The fraction of sp³-hybridized carbons (Fsp3) is 0.516. The zero-order chi connectivity index (χ0) is 25.5. The number of rotatable bonds is 11. The van der Waals surface area contributed by atoms with Gasteiger partial charge in [-0.05, 0) is 106 Å². The third kappa shape index (κ3) is 6.19. The monoisotopic (exact) mass is 489 g/mol. The lowest BCUT2D eigenvalue weighted by molar-refractivity contribution is -0.126. The molecular weight excluding hydrogens is 446 g/mol. The quantitative estimate of drug-likeness (QED) is 0.415. The summed E-state index contributed by atoms with van der Waals surface area (Å²) >= 11 is 0. The van der Waals surface area contributed by atoms with Crippen LogP contribution in [0.3, 0.4) is 0 Å². The molecule has 2 atom stereocenters. The van der Waals surface area contributed by atoms with Gasteiger partial charge in [-0.2, -0.15) is 0 Å². The van der Waals surface area contributed by atoms with Gasteiger partial charge in [0.2, 0.25) is 0 Å². The molecule has 5 heteroatoms. The summed E-state index contributed by atoms with van der Waals surface area (Å²) in [5.41, 5.74) is 11.1. The first kappa shape index (κ1) is 26.4. The highest BCUT2D eigenvalue weighted by atomic mass is 16.5. The van der Waals surface area contributed by atoms with Crippen LogP contribution < -0.4 is 11.1 Å². The zero-order valence-corrected chi connectivity index (χ0v) is 22.3. The second-order valence-corrected chi connectivity index (χ2v) is 10.2. The number of amides is 1. The van der Waals surface area contributed by atoms with Crippen LogP contribution in [0, 0.1) is 5.92 Å². The Bertz CT molecular complexity index is 1030. The molecule has 4 rings (SSSR count). The Kier molecular flexibility index (Phi) is 8.86. The molecule has 5 nitrogen and oxygen atoms in total. The summed E-state index contributed by atoms with van der Waals surface area (Å²) in [6, 6.07) is 0. The molecule has 0 aromatic carbocycles. The van der Waals surface area contributed by atoms with E-state index in [1.165, 1.54) is 29.6 Å². The molecule has 3 aliphatic carbocycles. The molecule has 0 radical (unpaired) electrons. The Morgan fingerprint density at radius 2 is 2.00 bits per heavy atom. The number of carbonyl (C=O) groups excluding carboxylic acids is 1. The van der Waals surface area contributed by atoms with Crippen LogP contribution in [0.25, 0.3) is 0 Å². The van der Waals surface area contributed by atoms with Crippen molar-refractivity contribution in [3.63, 3.8) is 0 Å². The van der Waals surface area contributed by atoms with Gasteiger partial charge in [-0.15, -0.1) is 0 Å². The molecule has 3 N–H and O–H groups in total. The summed E-state index contributed by atoms with van der Waals surface area (Å²) in [6.45, 7) is 9.34. The van der Waals surface area contributed by atoms with E-state index in [9.17, 15) is 4.79 Å². The van der Waals surface area contributed by atoms with Gasteiger partial charge >= 0.3 is 0 Å². The fourth-order valence-corrected chi connectivity index (χ4v) is 5.16. The van der Waals surface area contributed by atoms with Gasteiger partial charge in [-0.1, -0.05) is 37.3 Å². The predicted octanol–water partition coefficient (Wildman–Crippen LogP) is 5.26. The number of nitrogens with two attached hydrogens (primary N) is 1. The zero-order valence-electron chi connectivity index (χ0n) is 22.3. The number of likely N-dealkylation sites (N-methyl/N-ethyl adjacent to an activating group) is 1. The molecular formula is C31H43N3O2. The summed E-state index contributed by atoms with van der Waals surface area (Å²) in [4.78, 5) is 14.9. The van der Waals surface area contributed by atoms with E-state index in [1.807, 2.05) is 30.9 Å². The van der Waals surface area contributed by atoms with Crippen LogP contribution in [-0.4, -0.2) is 48.7 Å². The molecule has 1 saturated carbocycles. The predicted molar refractivity (Wildman–Crippen MR) is 148 cm³/mol. The van der Waals surface area contributed by atoms with Gasteiger partial charge in [-0.3, -0.25) is 4.79 Å². The minimum absolute atomic E-state index is 0.0875.